The highest BCUT2D eigenvalue weighted by Gasteiger charge is 2.18. The first-order valence-corrected chi connectivity index (χ1v) is 11.0. The van der Waals surface area contributed by atoms with Gasteiger partial charge in [-0.1, -0.05) is 6.92 Å². The van der Waals surface area contributed by atoms with Crippen molar-refractivity contribution in [2.75, 3.05) is 40.0 Å². The topological polar surface area (TPSA) is 104 Å². The molecule has 1 rings (SSSR count). The first-order chi connectivity index (χ1) is 11.5. The molecule has 0 saturated carbocycles. The molecule has 0 saturated heterocycles. The molecule has 8 nitrogen and oxygen atoms in total. The molecule has 25 heavy (non-hydrogen) atoms. The van der Waals surface area contributed by atoms with Gasteiger partial charge >= 0.3 is 0 Å². The molecular formula is C15H25N3O5S2. The number of nitrogens with one attached hydrogen (secondary N) is 1. The van der Waals surface area contributed by atoms with Crippen molar-refractivity contribution < 1.29 is 21.6 Å². The molecule has 0 aliphatic rings. The number of rotatable bonds is 9. The third kappa shape index (κ3) is 6.07. The zero-order valence-corrected chi connectivity index (χ0v) is 16.5. The molecule has 142 valence electrons. The van der Waals surface area contributed by atoms with Crippen molar-refractivity contribution in [1.29, 1.82) is 0 Å². The first kappa shape index (κ1) is 21.6. The molecule has 0 aromatic heterocycles. The third-order valence-electron chi connectivity index (χ3n) is 3.48. The van der Waals surface area contributed by atoms with Crippen LogP contribution in [0, 0.1) is 0 Å². The third-order valence-corrected chi connectivity index (χ3v) is 6.62. The van der Waals surface area contributed by atoms with Crippen molar-refractivity contribution in [3.8, 4) is 0 Å². The van der Waals surface area contributed by atoms with E-state index >= 15 is 0 Å². The van der Waals surface area contributed by atoms with Crippen LogP contribution in [0.4, 0.5) is 0 Å². The van der Waals surface area contributed by atoms with Gasteiger partial charge in [-0.15, -0.1) is 0 Å². The molecule has 1 N–H and O–H groups in total. The normalized spacial score (nSPS) is 12.6. The number of nitrogens with zero attached hydrogens (tertiary/aromatic N) is 2. The largest absolute Gasteiger partial charge is 0.351 e. The van der Waals surface area contributed by atoms with Crippen molar-refractivity contribution in [1.82, 2.24) is 13.9 Å². The number of benzene rings is 1. The van der Waals surface area contributed by atoms with Crippen LogP contribution in [0.15, 0.2) is 29.2 Å². The summed E-state index contributed by atoms with van der Waals surface area (Å²) in [4.78, 5) is 12.2. The van der Waals surface area contributed by atoms with Crippen molar-refractivity contribution in [3.05, 3.63) is 29.8 Å². The maximum absolute atomic E-state index is 12.1. The molecule has 10 heteroatoms. The van der Waals surface area contributed by atoms with Gasteiger partial charge in [0.15, 0.2) is 0 Å². The maximum Gasteiger partial charge on any atom is 0.251 e. The van der Waals surface area contributed by atoms with Gasteiger partial charge in [-0.05, 0) is 30.7 Å². The second-order valence-electron chi connectivity index (χ2n) is 5.73. The van der Waals surface area contributed by atoms with E-state index in [0.29, 0.717) is 18.5 Å². The molecule has 0 bridgehead atoms. The van der Waals surface area contributed by atoms with Gasteiger partial charge < -0.3 is 5.32 Å². The molecule has 0 fully saturated rings. The van der Waals surface area contributed by atoms with Gasteiger partial charge in [0.25, 0.3) is 5.91 Å². The smallest absolute Gasteiger partial charge is 0.251 e. The first-order valence-electron chi connectivity index (χ1n) is 7.76. The lowest BCUT2D eigenvalue weighted by atomic mass is 10.2. The summed E-state index contributed by atoms with van der Waals surface area (Å²) in [6.45, 7) is 2.63. The Morgan fingerprint density at radius 2 is 1.60 bits per heavy atom. The molecule has 0 heterocycles. The number of hydrogen-bond acceptors (Lipinski definition) is 5. The van der Waals surface area contributed by atoms with E-state index in [2.05, 4.69) is 5.32 Å². The van der Waals surface area contributed by atoms with E-state index in [0.717, 1.165) is 10.6 Å². The SMILES string of the molecule is CCCN(CCNC(=O)c1ccc(S(=O)(=O)N(C)C)cc1)S(C)(=O)=O. The summed E-state index contributed by atoms with van der Waals surface area (Å²) < 4.78 is 49.6. The van der Waals surface area contributed by atoms with E-state index < -0.39 is 26.0 Å². The minimum Gasteiger partial charge on any atom is -0.351 e. The van der Waals surface area contributed by atoms with Gasteiger partial charge in [-0.3, -0.25) is 4.79 Å². The summed E-state index contributed by atoms with van der Waals surface area (Å²) in [5.41, 5.74) is 0.305. The lowest BCUT2D eigenvalue weighted by Crippen LogP contribution is -2.38. The van der Waals surface area contributed by atoms with E-state index in [1.54, 1.807) is 0 Å². The summed E-state index contributed by atoms with van der Waals surface area (Å²) in [5.74, 6) is -0.390. The Morgan fingerprint density at radius 1 is 1.04 bits per heavy atom. The van der Waals surface area contributed by atoms with Crippen LogP contribution in [0.25, 0.3) is 0 Å². The summed E-state index contributed by atoms with van der Waals surface area (Å²) in [6, 6.07) is 5.58. The zero-order chi connectivity index (χ0) is 19.3. The standard InChI is InChI=1S/C15H25N3O5S2/c1-5-11-18(24(4,20)21)12-10-16-15(19)13-6-8-14(9-7-13)25(22,23)17(2)3/h6-9H,5,10-12H2,1-4H3,(H,16,19). The summed E-state index contributed by atoms with van der Waals surface area (Å²) in [7, 11) is -3.99. The fourth-order valence-electron chi connectivity index (χ4n) is 2.08. The monoisotopic (exact) mass is 391 g/mol. The van der Waals surface area contributed by atoms with Gasteiger partial charge in [-0.2, -0.15) is 0 Å². The van der Waals surface area contributed by atoms with Crippen molar-refractivity contribution in [2.24, 2.45) is 0 Å². The number of sulfonamides is 2. The van der Waals surface area contributed by atoms with Gasteiger partial charge in [0.1, 0.15) is 0 Å². The van der Waals surface area contributed by atoms with E-state index in [9.17, 15) is 21.6 Å². The summed E-state index contributed by atoms with van der Waals surface area (Å²) >= 11 is 0. The second kappa shape index (κ2) is 8.75. The van der Waals surface area contributed by atoms with Gasteiger partial charge in [0, 0.05) is 39.3 Å². The van der Waals surface area contributed by atoms with Crippen molar-refractivity contribution >= 4 is 26.0 Å². The quantitative estimate of drug-likeness (QED) is 0.654. The van der Waals surface area contributed by atoms with Gasteiger partial charge in [-0.25, -0.2) is 25.4 Å². The van der Waals surface area contributed by atoms with Crippen molar-refractivity contribution in [2.45, 2.75) is 18.2 Å². The number of carbonyl (C=O) groups is 1. The minimum absolute atomic E-state index is 0.0975. The average molecular weight is 392 g/mol. The van der Waals surface area contributed by atoms with Crippen LogP contribution in [0.5, 0.6) is 0 Å². The summed E-state index contributed by atoms with van der Waals surface area (Å²) in [6.07, 6.45) is 1.82. The van der Waals surface area contributed by atoms with Gasteiger partial charge in [0.05, 0.1) is 11.2 Å². The van der Waals surface area contributed by atoms with Gasteiger partial charge in [0.2, 0.25) is 20.0 Å². The average Bonchev–Trinajstić information content (AvgIpc) is 2.53. The predicted molar refractivity (Wildman–Crippen MR) is 96.4 cm³/mol. The molecule has 0 aliphatic heterocycles. The fraction of sp³-hybridized carbons (Fsp3) is 0.533. The lowest BCUT2D eigenvalue weighted by Gasteiger charge is -2.19. The van der Waals surface area contributed by atoms with E-state index in [4.69, 9.17) is 0 Å². The lowest BCUT2D eigenvalue weighted by molar-refractivity contribution is 0.0951. The van der Waals surface area contributed by atoms with Crippen LogP contribution in [0.3, 0.4) is 0 Å². The molecule has 0 radical (unpaired) electrons. The van der Waals surface area contributed by atoms with E-state index in [-0.39, 0.29) is 18.0 Å². The van der Waals surface area contributed by atoms with Crippen LogP contribution in [0.1, 0.15) is 23.7 Å². The van der Waals surface area contributed by atoms with Crippen LogP contribution >= 0.6 is 0 Å². The molecule has 1 amide bonds. The Bertz CT molecular complexity index is 787. The molecule has 1 aromatic carbocycles. The van der Waals surface area contributed by atoms with Crippen LogP contribution < -0.4 is 5.32 Å². The molecule has 1 aromatic rings. The Morgan fingerprint density at radius 3 is 2.04 bits per heavy atom. The zero-order valence-electron chi connectivity index (χ0n) is 14.9. The molecule has 0 spiro atoms. The molecule has 0 atom stereocenters. The number of hydrogen-bond donors (Lipinski definition) is 1. The summed E-state index contributed by atoms with van der Waals surface area (Å²) in [5, 5.41) is 2.64. The van der Waals surface area contributed by atoms with E-state index in [1.807, 2.05) is 6.92 Å². The van der Waals surface area contributed by atoms with Crippen LogP contribution in [0.2, 0.25) is 0 Å². The van der Waals surface area contributed by atoms with Crippen LogP contribution in [-0.4, -0.2) is 71.3 Å². The molecular weight excluding hydrogens is 366 g/mol. The number of carbonyl (C=O) groups excluding carboxylic acids is 1. The Labute approximate surface area is 149 Å². The highest BCUT2D eigenvalue weighted by molar-refractivity contribution is 7.89. The predicted octanol–water partition coefficient (Wildman–Crippen LogP) is 0.338. The highest BCUT2D eigenvalue weighted by Crippen LogP contribution is 2.13. The maximum atomic E-state index is 12.1. The Kier molecular flexibility index (Phi) is 7.54. The highest BCUT2D eigenvalue weighted by atomic mass is 32.2. The van der Waals surface area contributed by atoms with Crippen molar-refractivity contribution in [3.63, 3.8) is 0 Å². The van der Waals surface area contributed by atoms with Crippen LogP contribution in [-0.2, 0) is 20.0 Å². The molecule has 0 aliphatic carbocycles. The Hall–Kier alpha value is -1.49. The molecule has 0 unspecified atom stereocenters. The second-order valence-corrected chi connectivity index (χ2v) is 9.86. The Balaban J connectivity index is 2.70. The minimum atomic E-state index is -3.54. The van der Waals surface area contributed by atoms with E-state index in [1.165, 1.54) is 42.7 Å². The fourth-order valence-corrected chi connectivity index (χ4v) is 3.92. The number of amides is 1.